The molecule has 1 aromatic heterocycles. The van der Waals surface area contributed by atoms with Crippen molar-refractivity contribution in [2.75, 3.05) is 0 Å². The Hall–Kier alpha value is -4.63. The van der Waals surface area contributed by atoms with Crippen LogP contribution in [0, 0.1) is 0 Å². The van der Waals surface area contributed by atoms with E-state index in [1.54, 1.807) is 0 Å². The number of fused-ring (bicyclic) bond motifs is 4. The van der Waals surface area contributed by atoms with Gasteiger partial charge in [-0.15, -0.1) is 0 Å². The summed E-state index contributed by atoms with van der Waals surface area (Å²) in [5, 5.41) is 2.35. The van der Waals surface area contributed by atoms with Gasteiger partial charge in [-0.3, -0.25) is 0 Å². The summed E-state index contributed by atoms with van der Waals surface area (Å²) in [4.78, 5) is 15.2. The quantitative estimate of drug-likeness (QED) is 0.258. The minimum absolute atomic E-state index is 0.123. The van der Waals surface area contributed by atoms with Crippen LogP contribution in [0.2, 0.25) is 0 Å². The number of hydrogen-bond donors (Lipinski definition) is 0. The van der Waals surface area contributed by atoms with Gasteiger partial charge in [0.05, 0.1) is 0 Å². The Labute approximate surface area is 216 Å². The van der Waals surface area contributed by atoms with Gasteiger partial charge in [-0.05, 0) is 39.1 Å². The highest BCUT2D eigenvalue weighted by Gasteiger charge is 2.38. The van der Waals surface area contributed by atoms with Crippen LogP contribution >= 0.6 is 0 Å². The van der Waals surface area contributed by atoms with Crippen molar-refractivity contribution in [2.24, 2.45) is 0 Å². The molecule has 7 rings (SSSR count). The molecule has 37 heavy (non-hydrogen) atoms. The molecule has 0 bridgehead atoms. The molecule has 3 nitrogen and oxygen atoms in total. The molecule has 1 heterocycles. The summed E-state index contributed by atoms with van der Waals surface area (Å²) in [6, 6.07) is 40.0. The lowest BCUT2D eigenvalue weighted by Crippen LogP contribution is -2.15. The van der Waals surface area contributed by atoms with Gasteiger partial charge in [-0.25, -0.2) is 15.0 Å². The molecule has 0 unspecified atom stereocenters. The second-order valence-corrected chi connectivity index (χ2v) is 10.1. The lowest BCUT2D eigenvalue weighted by atomic mass is 9.81. The fraction of sp³-hybridized carbons (Fsp3) is 0.0882. The molecule has 0 saturated heterocycles. The zero-order valence-electron chi connectivity index (χ0n) is 20.8. The van der Waals surface area contributed by atoms with Crippen LogP contribution < -0.4 is 0 Å². The summed E-state index contributed by atoms with van der Waals surface area (Å²) in [5.74, 6) is 2.06. The average Bonchev–Trinajstić information content (AvgIpc) is 3.19. The Morgan fingerprint density at radius 1 is 0.486 bits per heavy atom. The number of rotatable bonds is 3. The maximum atomic E-state index is 5.13. The Balaban J connectivity index is 1.61. The molecule has 0 radical (unpaired) electrons. The van der Waals surface area contributed by atoms with Gasteiger partial charge in [0.25, 0.3) is 0 Å². The van der Waals surface area contributed by atoms with E-state index in [0.717, 1.165) is 22.1 Å². The van der Waals surface area contributed by atoms with E-state index in [1.165, 1.54) is 27.6 Å². The van der Waals surface area contributed by atoms with Gasteiger partial charge in [0, 0.05) is 22.1 Å². The third kappa shape index (κ3) is 3.39. The SMILES string of the molecule is CC1(C)c2ccccc2-c2c1cc1ccccc1c2-c1nc(-c2ccccc2)nc(-c2ccccc2)n1. The number of aromatic nitrogens is 3. The summed E-state index contributed by atoms with van der Waals surface area (Å²) in [6.45, 7) is 4.63. The highest BCUT2D eigenvalue weighted by molar-refractivity contribution is 6.07. The first kappa shape index (κ1) is 21.6. The van der Waals surface area contributed by atoms with Gasteiger partial charge >= 0.3 is 0 Å². The topological polar surface area (TPSA) is 38.7 Å². The van der Waals surface area contributed by atoms with Crippen LogP contribution in [0.1, 0.15) is 25.0 Å². The Kier molecular flexibility index (Phi) is 4.80. The maximum absolute atomic E-state index is 5.13. The predicted molar refractivity (Wildman–Crippen MR) is 151 cm³/mol. The Morgan fingerprint density at radius 2 is 1.03 bits per heavy atom. The lowest BCUT2D eigenvalue weighted by Gasteiger charge is -2.22. The molecule has 6 aromatic rings. The maximum Gasteiger partial charge on any atom is 0.165 e. The largest absolute Gasteiger partial charge is 0.208 e. The molecule has 0 fully saturated rings. The number of nitrogens with zero attached hydrogens (tertiary/aromatic N) is 3. The van der Waals surface area contributed by atoms with Crippen molar-refractivity contribution in [1.82, 2.24) is 15.0 Å². The average molecular weight is 476 g/mol. The first-order valence-corrected chi connectivity index (χ1v) is 12.6. The molecule has 0 atom stereocenters. The molecule has 0 N–H and O–H groups in total. The summed E-state index contributed by atoms with van der Waals surface area (Å²) in [6.07, 6.45) is 0. The van der Waals surface area contributed by atoms with E-state index in [2.05, 4.69) is 92.7 Å². The summed E-state index contributed by atoms with van der Waals surface area (Å²) in [5.41, 5.74) is 8.02. The standard InChI is InChI=1S/C34H25N3/c1-34(2)27-20-12-11-19-26(27)29-28(34)21-24-17-9-10-18-25(24)30(29)33-36-31(22-13-5-3-6-14-22)35-32(37-33)23-15-7-4-8-16-23/h3-21H,1-2H3. The normalized spacial score (nSPS) is 13.4. The van der Waals surface area contributed by atoms with E-state index < -0.39 is 0 Å². The Bertz CT molecular complexity index is 1730. The van der Waals surface area contributed by atoms with Crippen molar-refractivity contribution in [2.45, 2.75) is 19.3 Å². The summed E-state index contributed by atoms with van der Waals surface area (Å²) < 4.78 is 0. The molecule has 0 aliphatic heterocycles. The fourth-order valence-electron chi connectivity index (χ4n) is 5.66. The van der Waals surface area contributed by atoms with Crippen LogP contribution in [0.3, 0.4) is 0 Å². The molecule has 0 amide bonds. The number of benzene rings is 5. The van der Waals surface area contributed by atoms with Gasteiger partial charge in [0.2, 0.25) is 0 Å². The molecule has 1 aliphatic rings. The highest BCUT2D eigenvalue weighted by atomic mass is 15.0. The van der Waals surface area contributed by atoms with E-state index in [0.29, 0.717) is 17.5 Å². The van der Waals surface area contributed by atoms with Gasteiger partial charge in [0.1, 0.15) is 0 Å². The van der Waals surface area contributed by atoms with Crippen molar-refractivity contribution < 1.29 is 0 Å². The first-order valence-electron chi connectivity index (χ1n) is 12.6. The minimum Gasteiger partial charge on any atom is -0.208 e. The summed E-state index contributed by atoms with van der Waals surface area (Å²) >= 11 is 0. The smallest absolute Gasteiger partial charge is 0.165 e. The first-order chi connectivity index (χ1) is 18.1. The molecule has 0 spiro atoms. The zero-order chi connectivity index (χ0) is 25.0. The van der Waals surface area contributed by atoms with E-state index in [4.69, 9.17) is 15.0 Å². The van der Waals surface area contributed by atoms with Crippen LogP contribution in [-0.4, -0.2) is 15.0 Å². The van der Waals surface area contributed by atoms with Gasteiger partial charge in [-0.1, -0.05) is 123 Å². The van der Waals surface area contributed by atoms with Gasteiger partial charge < -0.3 is 0 Å². The predicted octanol–water partition coefficient (Wildman–Crippen LogP) is 8.33. The molecule has 5 aromatic carbocycles. The third-order valence-corrected chi connectivity index (χ3v) is 7.52. The molecule has 176 valence electrons. The van der Waals surface area contributed by atoms with Crippen LogP contribution in [0.5, 0.6) is 0 Å². The van der Waals surface area contributed by atoms with E-state index in [-0.39, 0.29) is 5.41 Å². The van der Waals surface area contributed by atoms with Crippen molar-refractivity contribution in [3.05, 3.63) is 126 Å². The molecule has 1 aliphatic carbocycles. The third-order valence-electron chi connectivity index (χ3n) is 7.52. The van der Waals surface area contributed by atoms with Crippen LogP contribution in [0.25, 0.3) is 56.1 Å². The molecular weight excluding hydrogens is 450 g/mol. The van der Waals surface area contributed by atoms with Crippen LogP contribution in [-0.2, 0) is 5.41 Å². The minimum atomic E-state index is -0.123. The second kappa shape index (κ2) is 8.21. The molecular formula is C34H25N3. The fourth-order valence-corrected chi connectivity index (χ4v) is 5.66. The highest BCUT2D eigenvalue weighted by Crippen LogP contribution is 2.53. The number of hydrogen-bond acceptors (Lipinski definition) is 3. The van der Waals surface area contributed by atoms with Crippen molar-refractivity contribution in [3.8, 4) is 45.3 Å². The van der Waals surface area contributed by atoms with Crippen LogP contribution in [0.15, 0.2) is 115 Å². The van der Waals surface area contributed by atoms with Crippen molar-refractivity contribution in [3.63, 3.8) is 0 Å². The van der Waals surface area contributed by atoms with Gasteiger partial charge in [-0.2, -0.15) is 0 Å². The van der Waals surface area contributed by atoms with E-state index >= 15 is 0 Å². The van der Waals surface area contributed by atoms with Crippen molar-refractivity contribution >= 4 is 10.8 Å². The van der Waals surface area contributed by atoms with Crippen LogP contribution in [0.4, 0.5) is 0 Å². The zero-order valence-corrected chi connectivity index (χ0v) is 20.8. The summed E-state index contributed by atoms with van der Waals surface area (Å²) in [7, 11) is 0. The van der Waals surface area contributed by atoms with Crippen molar-refractivity contribution in [1.29, 1.82) is 0 Å². The Morgan fingerprint density at radius 3 is 1.70 bits per heavy atom. The molecule has 3 heteroatoms. The lowest BCUT2D eigenvalue weighted by molar-refractivity contribution is 0.661. The molecule has 0 saturated carbocycles. The van der Waals surface area contributed by atoms with Gasteiger partial charge in [0.15, 0.2) is 17.5 Å². The second-order valence-electron chi connectivity index (χ2n) is 10.1. The van der Waals surface area contributed by atoms with E-state index in [9.17, 15) is 0 Å². The monoisotopic (exact) mass is 475 g/mol. The van der Waals surface area contributed by atoms with E-state index in [1.807, 2.05) is 36.4 Å².